The molecule has 0 aliphatic carbocycles. The second-order valence-corrected chi connectivity index (χ2v) is 4.04. The number of halogens is 3. The third kappa shape index (κ3) is 4.91. The molecule has 1 heterocycles. The lowest BCUT2D eigenvalue weighted by Gasteiger charge is -2.12. The smallest absolute Gasteiger partial charge is 0.389 e. The Morgan fingerprint density at radius 3 is 2.39 bits per heavy atom. The van der Waals surface area contributed by atoms with E-state index in [4.69, 9.17) is 9.84 Å². The minimum Gasteiger partial charge on any atom is -0.479 e. The number of carbonyl (C=O) groups excluding carboxylic acids is 1. The maximum absolute atomic E-state index is 11.8. The van der Waals surface area contributed by atoms with Crippen LogP contribution in [0, 0.1) is 0 Å². The highest BCUT2D eigenvalue weighted by Crippen LogP contribution is 2.21. The van der Waals surface area contributed by atoms with Crippen molar-refractivity contribution in [3.63, 3.8) is 0 Å². The number of amides is 1. The molecule has 0 unspecified atom stereocenters. The van der Waals surface area contributed by atoms with Crippen LogP contribution in [0.5, 0.6) is 0 Å². The van der Waals surface area contributed by atoms with Crippen LogP contribution in [0.25, 0.3) is 0 Å². The van der Waals surface area contributed by atoms with Crippen molar-refractivity contribution in [1.82, 2.24) is 5.32 Å². The van der Waals surface area contributed by atoms with Crippen molar-refractivity contribution in [2.75, 3.05) is 6.54 Å². The van der Waals surface area contributed by atoms with Crippen LogP contribution in [0.3, 0.4) is 0 Å². The number of ether oxygens (including phenoxy) is 1. The van der Waals surface area contributed by atoms with Crippen LogP contribution in [0.15, 0.2) is 0 Å². The molecule has 0 radical (unpaired) electrons. The quantitative estimate of drug-likeness (QED) is 0.732. The molecule has 8 heteroatoms. The first-order chi connectivity index (χ1) is 8.29. The highest BCUT2D eigenvalue weighted by molar-refractivity contribution is 5.82. The zero-order valence-corrected chi connectivity index (χ0v) is 9.50. The van der Waals surface area contributed by atoms with Gasteiger partial charge in [0.2, 0.25) is 5.91 Å². The van der Waals surface area contributed by atoms with Gasteiger partial charge in [-0.25, -0.2) is 4.79 Å². The number of hydrogen-bond acceptors (Lipinski definition) is 3. The first kappa shape index (κ1) is 14.7. The minimum atomic E-state index is -4.23. The van der Waals surface area contributed by atoms with Crippen LogP contribution in [0.4, 0.5) is 13.2 Å². The predicted octanol–water partition coefficient (Wildman–Crippen LogP) is 1.08. The normalized spacial score (nSPS) is 23.9. The molecule has 1 aliphatic rings. The van der Waals surface area contributed by atoms with Crippen molar-refractivity contribution in [1.29, 1.82) is 0 Å². The average molecular weight is 269 g/mol. The first-order valence-corrected chi connectivity index (χ1v) is 5.52. The zero-order valence-electron chi connectivity index (χ0n) is 9.50. The average Bonchev–Trinajstić information content (AvgIpc) is 2.72. The van der Waals surface area contributed by atoms with Gasteiger partial charge in [0.05, 0.1) is 0 Å². The molecule has 0 spiro atoms. The number of aliphatic carboxylic acids is 1. The van der Waals surface area contributed by atoms with E-state index < -0.39 is 36.7 Å². The second-order valence-electron chi connectivity index (χ2n) is 4.04. The van der Waals surface area contributed by atoms with Gasteiger partial charge in [-0.3, -0.25) is 4.79 Å². The number of nitrogens with one attached hydrogen (secondary N) is 1. The lowest BCUT2D eigenvalue weighted by Crippen LogP contribution is -2.36. The molecule has 18 heavy (non-hydrogen) atoms. The van der Waals surface area contributed by atoms with E-state index in [2.05, 4.69) is 5.32 Å². The van der Waals surface area contributed by atoms with Gasteiger partial charge in [-0.2, -0.15) is 13.2 Å². The Morgan fingerprint density at radius 1 is 1.28 bits per heavy atom. The number of carboxylic acid groups (broad SMARTS) is 1. The summed E-state index contributed by atoms with van der Waals surface area (Å²) in [6.07, 6.45) is -6.78. The Hall–Kier alpha value is -1.31. The molecule has 1 amide bonds. The summed E-state index contributed by atoms with van der Waals surface area (Å²) in [5.74, 6) is -1.69. The predicted molar refractivity (Wildman–Crippen MR) is 53.8 cm³/mol. The van der Waals surface area contributed by atoms with Crippen molar-refractivity contribution >= 4 is 11.9 Å². The fourth-order valence-corrected chi connectivity index (χ4v) is 1.63. The number of carboxylic acids is 1. The van der Waals surface area contributed by atoms with E-state index in [-0.39, 0.29) is 25.8 Å². The molecule has 1 aliphatic heterocycles. The number of rotatable bonds is 5. The summed E-state index contributed by atoms with van der Waals surface area (Å²) >= 11 is 0. The Bertz CT molecular complexity index is 319. The van der Waals surface area contributed by atoms with E-state index in [1.165, 1.54) is 0 Å². The lowest BCUT2D eigenvalue weighted by molar-refractivity contribution is -0.152. The van der Waals surface area contributed by atoms with Crippen LogP contribution in [-0.4, -0.2) is 41.9 Å². The third-order valence-electron chi connectivity index (χ3n) is 2.52. The van der Waals surface area contributed by atoms with Gasteiger partial charge in [-0.1, -0.05) is 0 Å². The maximum atomic E-state index is 11.8. The van der Waals surface area contributed by atoms with Gasteiger partial charge >= 0.3 is 12.1 Å². The lowest BCUT2D eigenvalue weighted by atomic mass is 10.2. The van der Waals surface area contributed by atoms with Crippen molar-refractivity contribution in [2.45, 2.75) is 44.1 Å². The van der Waals surface area contributed by atoms with Gasteiger partial charge in [0.1, 0.15) is 6.10 Å². The molecule has 0 aromatic carbocycles. The summed E-state index contributed by atoms with van der Waals surface area (Å²) in [6.45, 7) is -0.101. The summed E-state index contributed by atoms with van der Waals surface area (Å²) in [5.41, 5.74) is 0. The molecule has 2 atom stereocenters. The SMILES string of the molecule is O=C(O)[C@@H]1CC[C@H](C(=O)NCCCC(F)(F)F)O1. The summed E-state index contributed by atoms with van der Waals surface area (Å²) in [6, 6.07) is 0. The van der Waals surface area contributed by atoms with Gasteiger partial charge in [-0.05, 0) is 19.3 Å². The van der Waals surface area contributed by atoms with Gasteiger partial charge in [0.25, 0.3) is 0 Å². The van der Waals surface area contributed by atoms with Gasteiger partial charge in [0, 0.05) is 13.0 Å². The Balaban J connectivity index is 2.20. The minimum absolute atomic E-state index is 0.101. The van der Waals surface area contributed by atoms with Crippen LogP contribution in [0.1, 0.15) is 25.7 Å². The molecular formula is C10H14F3NO4. The van der Waals surface area contributed by atoms with E-state index in [1.54, 1.807) is 0 Å². The molecule has 1 saturated heterocycles. The number of alkyl halides is 3. The van der Waals surface area contributed by atoms with Crippen LogP contribution in [0.2, 0.25) is 0 Å². The van der Waals surface area contributed by atoms with Crippen molar-refractivity contribution < 1.29 is 32.6 Å². The second kappa shape index (κ2) is 6.03. The molecule has 5 nitrogen and oxygen atoms in total. The summed E-state index contributed by atoms with van der Waals surface area (Å²) in [5, 5.41) is 10.9. The molecule has 0 aromatic rings. The maximum Gasteiger partial charge on any atom is 0.389 e. The highest BCUT2D eigenvalue weighted by Gasteiger charge is 2.34. The van der Waals surface area contributed by atoms with Crippen LogP contribution in [-0.2, 0) is 14.3 Å². The summed E-state index contributed by atoms with van der Waals surface area (Å²) < 4.78 is 40.4. The molecule has 2 N–H and O–H groups in total. The van der Waals surface area contributed by atoms with E-state index >= 15 is 0 Å². The largest absolute Gasteiger partial charge is 0.479 e. The molecule has 0 aromatic heterocycles. The van der Waals surface area contributed by atoms with Crippen molar-refractivity contribution in [3.8, 4) is 0 Å². The summed E-state index contributed by atoms with van der Waals surface area (Å²) in [4.78, 5) is 22.0. The Morgan fingerprint density at radius 2 is 1.89 bits per heavy atom. The molecule has 1 fully saturated rings. The Labute approximate surface area is 101 Å². The monoisotopic (exact) mass is 269 g/mol. The number of hydrogen-bond donors (Lipinski definition) is 2. The molecule has 0 bridgehead atoms. The fourth-order valence-electron chi connectivity index (χ4n) is 1.63. The molecular weight excluding hydrogens is 255 g/mol. The van der Waals surface area contributed by atoms with Gasteiger partial charge < -0.3 is 15.2 Å². The standard InChI is InChI=1S/C10H14F3NO4/c11-10(12,13)4-1-5-14-8(15)6-2-3-7(18-6)9(16)17/h6-7H,1-5H2,(H,14,15)(H,16,17)/t6-,7+/m1/s1. The van der Waals surface area contributed by atoms with Crippen LogP contribution >= 0.6 is 0 Å². The van der Waals surface area contributed by atoms with E-state index in [1.807, 2.05) is 0 Å². The van der Waals surface area contributed by atoms with Gasteiger partial charge in [0.15, 0.2) is 6.10 Å². The molecule has 1 rings (SSSR count). The van der Waals surface area contributed by atoms with Crippen molar-refractivity contribution in [3.05, 3.63) is 0 Å². The fraction of sp³-hybridized carbons (Fsp3) is 0.800. The van der Waals surface area contributed by atoms with Crippen LogP contribution < -0.4 is 5.32 Å². The summed E-state index contributed by atoms with van der Waals surface area (Å²) in [7, 11) is 0. The van der Waals surface area contributed by atoms with Crippen molar-refractivity contribution in [2.24, 2.45) is 0 Å². The van der Waals surface area contributed by atoms with E-state index in [9.17, 15) is 22.8 Å². The highest BCUT2D eigenvalue weighted by atomic mass is 19.4. The van der Waals surface area contributed by atoms with E-state index in [0.717, 1.165) is 0 Å². The molecule has 0 saturated carbocycles. The molecule has 104 valence electrons. The first-order valence-electron chi connectivity index (χ1n) is 5.52. The van der Waals surface area contributed by atoms with E-state index in [0.29, 0.717) is 0 Å². The number of carbonyl (C=O) groups is 2. The zero-order chi connectivity index (χ0) is 13.8. The Kier molecular flexibility index (Phi) is 4.94. The topological polar surface area (TPSA) is 75.6 Å². The van der Waals surface area contributed by atoms with Gasteiger partial charge in [-0.15, -0.1) is 0 Å². The third-order valence-corrected chi connectivity index (χ3v) is 2.52.